The molecule has 0 unspecified atom stereocenters. The number of rotatable bonds is 2. The zero-order valence-corrected chi connectivity index (χ0v) is 7.82. The zero-order chi connectivity index (χ0) is 11.0. The van der Waals surface area contributed by atoms with E-state index in [9.17, 15) is 17.6 Å². The van der Waals surface area contributed by atoms with Crippen LogP contribution in [0.1, 0.15) is 18.1 Å². The van der Waals surface area contributed by atoms with Gasteiger partial charge in [0, 0.05) is 12.5 Å². The fourth-order valence-electron chi connectivity index (χ4n) is 1.02. The lowest BCUT2D eigenvalue weighted by atomic mass is 10.0. The highest BCUT2D eigenvalue weighted by Gasteiger charge is 2.53. The highest BCUT2D eigenvalue weighted by Crippen LogP contribution is 2.42. The van der Waals surface area contributed by atoms with Crippen LogP contribution in [0.3, 0.4) is 0 Å². The Balaban J connectivity index is 3.10. The number of hydrogen-bond donors (Lipinski definition) is 0. The van der Waals surface area contributed by atoms with E-state index in [2.05, 4.69) is 0 Å². The topological polar surface area (TPSA) is 0 Å². The van der Waals surface area contributed by atoms with Gasteiger partial charge in [0.05, 0.1) is 0 Å². The van der Waals surface area contributed by atoms with Crippen molar-refractivity contribution >= 4 is 0 Å². The standard InChI is InChI=1S/C10H10F4/c1-7-3-5-8(6-4-7)10(13,14)9(2,11)12/h3-6H,1-2H3. The van der Waals surface area contributed by atoms with Gasteiger partial charge in [-0.25, -0.2) is 0 Å². The molecule has 14 heavy (non-hydrogen) atoms. The second-order valence-electron chi connectivity index (χ2n) is 3.33. The molecule has 0 spiro atoms. The van der Waals surface area contributed by atoms with Crippen molar-refractivity contribution in [2.45, 2.75) is 25.7 Å². The molecule has 0 saturated carbocycles. The number of benzene rings is 1. The van der Waals surface area contributed by atoms with Crippen LogP contribution in [-0.2, 0) is 5.92 Å². The van der Waals surface area contributed by atoms with E-state index >= 15 is 0 Å². The maximum Gasteiger partial charge on any atom is 0.335 e. The lowest BCUT2D eigenvalue weighted by Gasteiger charge is -2.23. The molecule has 1 aromatic carbocycles. The Morgan fingerprint density at radius 1 is 0.929 bits per heavy atom. The van der Waals surface area contributed by atoms with Gasteiger partial charge in [-0.1, -0.05) is 29.8 Å². The van der Waals surface area contributed by atoms with Crippen molar-refractivity contribution in [1.29, 1.82) is 0 Å². The van der Waals surface area contributed by atoms with Crippen LogP contribution in [0.2, 0.25) is 0 Å². The minimum absolute atomic E-state index is 0.215. The van der Waals surface area contributed by atoms with Gasteiger partial charge in [0.2, 0.25) is 0 Å². The first-order valence-electron chi connectivity index (χ1n) is 4.08. The van der Waals surface area contributed by atoms with Crippen LogP contribution in [0.5, 0.6) is 0 Å². The smallest absolute Gasteiger partial charge is 0.200 e. The van der Waals surface area contributed by atoms with Crippen molar-refractivity contribution in [3.05, 3.63) is 35.4 Å². The third kappa shape index (κ3) is 1.89. The molecule has 0 aliphatic rings. The van der Waals surface area contributed by atoms with Crippen molar-refractivity contribution in [2.24, 2.45) is 0 Å². The molecule has 0 amide bonds. The molecular formula is C10H10F4. The first-order chi connectivity index (χ1) is 6.25. The molecule has 0 N–H and O–H groups in total. The van der Waals surface area contributed by atoms with Gasteiger partial charge in [-0.05, 0) is 6.92 Å². The van der Waals surface area contributed by atoms with E-state index in [4.69, 9.17) is 0 Å². The fraction of sp³-hybridized carbons (Fsp3) is 0.400. The van der Waals surface area contributed by atoms with Crippen LogP contribution < -0.4 is 0 Å². The molecule has 0 radical (unpaired) electrons. The third-order valence-corrected chi connectivity index (χ3v) is 1.97. The molecular weight excluding hydrogens is 196 g/mol. The summed E-state index contributed by atoms with van der Waals surface area (Å²) in [7, 11) is 0. The van der Waals surface area contributed by atoms with Gasteiger partial charge >= 0.3 is 11.8 Å². The maximum atomic E-state index is 13.0. The number of hydrogen-bond acceptors (Lipinski definition) is 0. The Hall–Kier alpha value is -1.06. The summed E-state index contributed by atoms with van der Waals surface area (Å²) < 4.78 is 51.2. The molecule has 0 aliphatic carbocycles. The molecule has 0 bridgehead atoms. The molecule has 0 atom stereocenters. The molecule has 0 aromatic heterocycles. The van der Waals surface area contributed by atoms with E-state index in [1.54, 1.807) is 6.92 Å². The number of halogens is 4. The summed E-state index contributed by atoms with van der Waals surface area (Å²) in [5.74, 6) is -8.15. The fourth-order valence-corrected chi connectivity index (χ4v) is 1.02. The van der Waals surface area contributed by atoms with Crippen LogP contribution in [0.15, 0.2) is 24.3 Å². The first-order valence-corrected chi connectivity index (χ1v) is 4.08. The number of aryl methyl sites for hydroxylation is 1. The molecule has 0 nitrogen and oxygen atoms in total. The van der Waals surface area contributed by atoms with Crippen LogP contribution >= 0.6 is 0 Å². The van der Waals surface area contributed by atoms with Gasteiger partial charge in [0.1, 0.15) is 0 Å². The lowest BCUT2D eigenvalue weighted by Crippen LogP contribution is -2.34. The molecule has 4 heteroatoms. The van der Waals surface area contributed by atoms with Gasteiger partial charge in [-0.15, -0.1) is 0 Å². The molecule has 0 heterocycles. The summed E-state index contributed by atoms with van der Waals surface area (Å²) in [5, 5.41) is 0. The van der Waals surface area contributed by atoms with Gasteiger partial charge in [-0.3, -0.25) is 0 Å². The lowest BCUT2D eigenvalue weighted by molar-refractivity contribution is -0.204. The third-order valence-electron chi connectivity index (χ3n) is 1.97. The Bertz CT molecular complexity index is 308. The average molecular weight is 206 g/mol. The summed E-state index contributed by atoms with van der Waals surface area (Å²) in [5.41, 5.74) is 0.0968. The Labute approximate surface area is 79.6 Å². The summed E-state index contributed by atoms with van der Waals surface area (Å²) in [6.07, 6.45) is 0. The Kier molecular flexibility index (Phi) is 2.56. The molecule has 78 valence electrons. The number of alkyl halides is 4. The first kappa shape index (κ1) is 11.0. The summed E-state index contributed by atoms with van der Waals surface area (Å²) in [4.78, 5) is 0. The minimum Gasteiger partial charge on any atom is -0.200 e. The quantitative estimate of drug-likeness (QED) is 0.646. The van der Waals surface area contributed by atoms with Crippen molar-refractivity contribution < 1.29 is 17.6 Å². The molecule has 0 fully saturated rings. The minimum atomic E-state index is -4.11. The van der Waals surface area contributed by atoms with Crippen LogP contribution in [0.25, 0.3) is 0 Å². The van der Waals surface area contributed by atoms with Crippen molar-refractivity contribution in [1.82, 2.24) is 0 Å². The maximum absolute atomic E-state index is 13.0. The van der Waals surface area contributed by atoms with Crippen LogP contribution in [0.4, 0.5) is 17.6 Å². The largest absolute Gasteiger partial charge is 0.335 e. The van der Waals surface area contributed by atoms with E-state index in [1.807, 2.05) is 0 Å². The summed E-state index contributed by atoms with van der Waals surface area (Å²) in [6.45, 7) is 1.92. The van der Waals surface area contributed by atoms with Gasteiger partial charge < -0.3 is 0 Å². The van der Waals surface area contributed by atoms with Crippen molar-refractivity contribution in [3.8, 4) is 0 Å². The highest BCUT2D eigenvalue weighted by molar-refractivity contribution is 5.26. The van der Waals surface area contributed by atoms with Crippen LogP contribution in [0, 0.1) is 6.92 Å². The Morgan fingerprint density at radius 3 is 1.71 bits per heavy atom. The highest BCUT2D eigenvalue weighted by atomic mass is 19.3. The van der Waals surface area contributed by atoms with Crippen molar-refractivity contribution in [3.63, 3.8) is 0 Å². The van der Waals surface area contributed by atoms with Crippen molar-refractivity contribution in [2.75, 3.05) is 0 Å². The Morgan fingerprint density at radius 2 is 1.36 bits per heavy atom. The van der Waals surface area contributed by atoms with Gasteiger partial charge in [-0.2, -0.15) is 17.6 Å². The van der Waals surface area contributed by atoms with E-state index in [-0.39, 0.29) is 6.92 Å². The van der Waals surface area contributed by atoms with Gasteiger partial charge in [0.15, 0.2) is 0 Å². The van der Waals surface area contributed by atoms with Gasteiger partial charge in [0.25, 0.3) is 0 Å². The van der Waals surface area contributed by atoms with E-state index in [0.717, 1.165) is 17.7 Å². The van der Waals surface area contributed by atoms with Crippen LogP contribution in [-0.4, -0.2) is 5.92 Å². The summed E-state index contributed by atoms with van der Waals surface area (Å²) >= 11 is 0. The van der Waals surface area contributed by atoms with E-state index in [1.165, 1.54) is 12.1 Å². The zero-order valence-electron chi connectivity index (χ0n) is 7.82. The normalized spacial score (nSPS) is 13.0. The molecule has 0 saturated heterocycles. The molecule has 1 rings (SSSR count). The average Bonchev–Trinajstić information content (AvgIpc) is 2.03. The molecule has 0 aliphatic heterocycles. The van der Waals surface area contributed by atoms with E-state index in [0.29, 0.717) is 0 Å². The SMILES string of the molecule is Cc1ccc(C(F)(F)C(C)(F)F)cc1. The molecule has 1 aromatic rings. The monoisotopic (exact) mass is 206 g/mol. The second kappa shape index (κ2) is 3.26. The predicted molar refractivity (Wildman–Crippen MR) is 45.7 cm³/mol. The predicted octanol–water partition coefficient (Wildman–Crippen LogP) is 3.74. The second-order valence-corrected chi connectivity index (χ2v) is 3.33. The summed E-state index contributed by atoms with van der Waals surface area (Å²) in [6, 6.07) is 4.81. The van der Waals surface area contributed by atoms with E-state index < -0.39 is 17.4 Å².